The van der Waals surface area contributed by atoms with E-state index in [0.717, 1.165) is 0 Å². The number of rotatable bonds is 0. The molecule has 22 heavy (non-hydrogen) atoms. The molecule has 0 amide bonds. The normalized spacial score (nSPS) is 13.3. The van der Waals surface area contributed by atoms with Crippen LogP contribution in [-0.2, 0) is 19.5 Å². The summed E-state index contributed by atoms with van der Waals surface area (Å²) in [5, 5.41) is 17.3. The first-order valence-corrected chi connectivity index (χ1v) is 6.44. The van der Waals surface area contributed by atoms with Crippen molar-refractivity contribution in [3.05, 3.63) is 48.6 Å². The smallest absolute Gasteiger partial charge is 0.508 e. The van der Waals surface area contributed by atoms with Crippen molar-refractivity contribution in [3.8, 4) is 11.5 Å². The average molecular weight is 408 g/mol. The first kappa shape index (κ1) is 23.0. The minimum absolute atomic E-state index is 0. The molecule has 0 bridgehead atoms. The molecule has 0 aromatic heterocycles. The van der Waals surface area contributed by atoms with Gasteiger partial charge in [0.05, 0.1) is 0 Å². The Labute approximate surface area is 140 Å². The van der Waals surface area contributed by atoms with E-state index in [1.54, 1.807) is 0 Å². The van der Waals surface area contributed by atoms with Crippen LogP contribution >= 0.6 is 0 Å². The quantitative estimate of drug-likeness (QED) is 0.273. The Morgan fingerprint density at radius 1 is 0.636 bits per heavy atom. The SMILES string of the molecule is C1=CCCC=CCC1.F[B-](F)(F)F.Oc1ccc(O)cc1.[Rh]. The Morgan fingerprint density at radius 2 is 0.818 bits per heavy atom. The van der Waals surface area contributed by atoms with Gasteiger partial charge in [0.25, 0.3) is 0 Å². The van der Waals surface area contributed by atoms with Crippen LogP contribution < -0.4 is 0 Å². The molecule has 0 heterocycles. The van der Waals surface area contributed by atoms with Crippen LogP contribution in [0.15, 0.2) is 48.6 Å². The number of aromatic hydroxyl groups is 2. The van der Waals surface area contributed by atoms with Gasteiger partial charge >= 0.3 is 7.25 Å². The fourth-order valence-electron chi connectivity index (χ4n) is 1.31. The predicted molar refractivity (Wildman–Crippen MR) is 76.7 cm³/mol. The van der Waals surface area contributed by atoms with Crippen molar-refractivity contribution in [1.82, 2.24) is 0 Å². The molecule has 8 heteroatoms. The molecule has 2 rings (SSSR count). The van der Waals surface area contributed by atoms with Crippen LogP contribution in [0.25, 0.3) is 0 Å². The van der Waals surface area contributed by atoms with Gasteiger partial charge in [0, 0.05) is 19.5 Å². The summed E-state index contributed by atoms with van der Waals surface area (Å²) >= 11 is 0. The molecule has 0 unspecified atom stereocenters. The molecule has 1 aromatic carbocycles. The molecule has 1 radical (unpaired) electrons. The van der Waals surface area contributed by atoms with Gasteiger partial charge in [0.15, 0.2) is 0 Å². The van der Waals surface area contributed by atoms with E-state index in [-0.39, 0.29) is 31.0 Å². The zero-order chi connectivity index (χ0) is 16.1. The van der Waals surface area contributed by atoms with E-state index in [0.29, 0.717) is 0 Å². The number of hydrogen-bond acceptors (Lipinski definition) is 2. The van der Waals surface area contributed by atoms with Crippen molar-refractivity contribution >= 4 is 7.25 Å². The number of benzene rings is 1. The third kappa shape index (κ3) is 21.0. The first-order valence-electron chi connectivity index (χ1n) is 6.44. The second-order valence-electron chi connectivity index (χ2n) is 4.11. The molecule has 0 aliphatic heterocycles. The average Bonchev–Trinajstić information content (AvgIpc) is 2.31. The van der Waals surface area contributed by atoms with Gasteiger partial charge in [-0.05, 0) is 49.9 Å². The minimum Gasteiger partial charge on any atom is -0.508 e. The molecule has 0 saturated heterocycles. The summed E-state index contributed by atoms with van der Waals surface area (Å²) in [7, 11) is -6.00. The van der Waals surface area contributed by atoms with Gasteiger partial charge in [0.2, 0.25) is 0 Å². The molecule has 1 aromatic rings. The molecular weight excluding hydrogens is 390 g/mol. The van der Waals surface area contributed by atoms with Crippen molar-refractivity contribution in [1.29, 1.82) is 0 Å². The number of allylic oxidation sites excluding steroid dienone is 4. The fourth-order valence-corrected chi connectivity index (χ4v) is 1.31. The van der Waals surface area contributed by atoms with Gasteiger partial charge in [-0.1, -0.05) is 24.3 Å². The molecule has 1 aliphatic rings. The predicted octanol–water partition coefficient (Wildman–Crippen LogP) is 5.07. The molecule has 0 spiro atoms. The summed E-state index contributed by atoms with van der Waals surface area (Å²) in [6, 6.07) is 5.70. The number of phenols is 2. The van der Waals surface area contributed by atoms with Crippen molar-refractivity contribution in [3.63, 3.8) is 0 Å². The largest absolute Gasteiger partial charge is 0.673 e. The van der Waals surface area contributed by atoms with Gasteiger partial charge in [-0.25, -0.2) is 0 Å². The van der Waals surface area contributed by atoms with Crippen molar-refractivity contribution < 1.29 is 47.0 Å². The molecule has 127 valence electrons. The van der Waals surface area contributed by atoms with Crippen molar-refractivity contribution in [2.24, 2.45) is 0 Å². The topological polar surface area (TPSA) is 40.5 Å². The van der Waals surface area contributed by atoms with Crippen LogP contribution in [0.1, 0.15) is 25.7 Å². The molecular formula is C14H18BF4O2Rh-. The van der Waals surface area contributed by atoms with Gasteiger partial charge in [-0.15, -0.1) is 0 Å². The zero-order valence-electron chi connectivity index (χ0n) is 11.8. The van der Waals surface area contributed by atoms with E-state index in [1.807, 2.05) is 0 Å². The maximum atomic E-state index is 9.75. The zero-order valence-corrected chi connectivity index (χ0v) is 13.4. The van der Waals surface area contributed by atoms with E-state index in [2.05, 4.69) is 24.3 Å². The Morgan fingerprint density at radius 3 is 1.00 bits per heavy atom. The molecule has 2 N–H and O–H groups in total. The number of hydrogen-bond donors (Lipinski definition) is 2. The van der Waals surface area contributed by atoms with E-state index in [1.165, 1.54) is 49.9 Å². The molecule has 0 fully saturated rings. The number of phenolic OH excluding ortho intramolecular Hbond substituents is 2. The molecule has 0 saturated carbocycles. The maximum absolute atomic E-state index is 9.75. The molecule has 0 atom stereocenters. The summed E-state index contributed by atoms with van der Waals surface area (Å²) in [6.07, 6.45) is 14.0. The van der Waals surface area contributed by atoms with Gasteiger partial charge in [-0.2, -0.15) is 0 Å². The Kier molecular flexibility index (Phi) is 14.0. The maximum Gasteiger partial charge on any atom is 0.673 e. The van der Waals surface area contributed by atoms with Crippen molar-refractivity contribution in [2.75, 3.05) is 0 Å². The van der Waals surface area contributed by atoms with Gasteiger partial charge < -0.3 is 27.5 Å². The summed E-state index contributed by atoms with van der Waals surface area (Å²) in [4.78, 5) is 0. The minimum atomic E-state index is -6.00. The summed E-state index contributed by atoms with van der Waals surface area (Å²) < 4.78 is 39.0. The second kappa shape index (κ2) is 13.4. The summed E-state index contributed by atoms with van der Waals surface area (Å²) in [5.74, 6) is 0.339. The van der Waals surface area contributed by atoms with Crippen LogP contribution in [-0.4, -0.2) is 17.5 Å². The first-order chi connectivity index (χ1) is 9.79. The summed E-state index contributed by atoms with van der Waals surface area (Å²) in [5.41, 5.74) is 0. The van der Waals surface area contributed by atoms with Crippen LogP contribution in [0.2, 0.25) is 0 Å². The Bertz CT molecular complexity index is 380. The van der Waals surface area contributed by atoms with E-state index < -0.39 is 7.25 Å². The van der Waals surface area contributed by atoms with Crippen LogP contribution in [0.3, 0.4) is 0 Å². The monoisotopic (exact) mass is 408 g/mol. The third-order valence-corrected chi connectivity index (χ3v) is 2.18. The Balaban J connectivity index is 0. The third-order valence-electron chi connectivity index (χ3n) is 2.18. The van der Waals surface area contributed by atoms with Crippen LogP contribution in [0.4, 0.5) is 17.3 Å². The van der Waals surface area contributed by atoms with E-state index in [4.69, 9.17) is 10.2 Å². The van der Waals surface area contributed by atoms with Crippen molar-refractivity contribution in [2.45, 2.75) is 25.7 Å². The van der Waals surface area contributed by atoms with Gasteiger partial charge in [-0.3, -0.25) is 0 Å². The standard InChI is InChI=1S/C8H12.C6H6O2.BF4.Rh/c1-2-4-6-8-7-5-3-1;7-5-1-2-6(8)4-3-5;2-1(3,4)5;/h1-2,7-8H,3-6H2;1-4,7-8H;;/q;;-1;. The molecule has 2 nitrogen and oxygen atoms in total. The fraction of sp³-hybridized carbons (Fsp3) is 0.286. The second-order valence-corrected chi connectivity index (χ2v) is 4.11. The Hall–Kier alpha value is -1.29. The van der Waals surface area contributed by atoms with E-state index in [9.17, 15) is 17.3 Å². The number of halogens is 4. The van der Waals surface area contributed by atoms with E-state index >= 15 is 0 Å². The summed E-state index contributed by atoms with van der Waals surface area (Å²) in [6.45, 7) is 0. The van der Waals surface area contributed by atoms with Crippen LogP contribution in [0, 0.1) is 0 Å². The molecule has 1 aliphatic carbocycles. The van der Waals surface area contributed by atoms with Crippen LogP contribution in [0.5, 0.6) is 11.5 Å². The van der Waals surface area contributed by atoms with Gasteiger partial charge in [0.1, 0.15) is 11.5 Å².